The van der Waals surface area contributed by atoms with E-state index in [0.29, 0.717) is 36.6 Å². The molecule has 0 bridgehead atoms. The second-order valence-electron chi connectivity index (χ2n) is 7.54. The molecule has 1 amide bonds. The van der Waals surface area contributed by atoms with Gasteiger partial charge in [-0.2, -0.15) is 0 Å². The number of rotatable bonds is 10. The molecule has 0 fully saturated rings. The molecule has 0 spiro atoms. The maximum Gasteiger partial charge on any atom is 0.251 e. The molecule has 0 aliphatic carbocycles. The Labute approximate surface area is 183 Å². The quantitative estimate of drug-likeness (QED) is 0.506. The number of hydrogen-bond donors (Lipinski definition) is 2. The molecule has 3 aromatic carbocycles. The summed E-state index contributed by atoms with van der Waals surface area (Å²) in [5.41, 5.74) is 2.63. The first-order valence-electron chi connectivity index (χ1n) is 10.4. The lowest BCUT2D eigenvalue weighted by Crippen LogP contribution is -2.29. The van der Waals surface area contributed by atoms with E-state index in [1.165, 1.54) is 0 Å². The molecule has 5 heteroatoms. The Morgan fingerprint density at radius 2 is 1.65 bits per heavy atom. The molecule has 0 saturated carbocycles. The van der Waals surface area contributed by atoms with Gasteiger partial charge in [0.15, 0.2) is 11.5 Å². The molecule has 0 unspecified atom stereocenters. The molecule has 162 valence electrons. The average molecular weight is 420 g/mol. The average Bonchev–Trinajstić information content (AvgIpc) is 2.81. The fraction of sp³-hybridized carbons (Fsp3) is 0.269. The molecule has 0 aromatic heterocycles. The molecule has 0 heterocycles. The molecular formula is C26H29NO4. The van der Waals surface area contributed by atoms with Crippen molar-refractivity contribution in [2.45, 2.75) is 32.0 Å². The molecule has 0 radical (unpaired) electrons. The van der Waals surface area contributed by atoms with E-state index in [0.717, 1.165) is 11.1 Å². The highest BCUT2D eigenvalue weighted by Crippen LogP contribution is 2.29. The Bertz CT molecular complexity index is 958. The number of aliphatic hydroxyl groups excluding tert-OH is 1. The largest absolute Gasteiger partial charge is 0.493 e. The zero-order valence-electron chi connectivity index (χ0n) is 18.0. The first kappa shape index (κ1) is 22.4. The summed E-state index contributed by atoms with van der Waals surface area (Å²) >= 11 is 0. The first-order valence-corrected chi connectivity index (χ1v) is 10.4. The maximum atomic E-state index is 12.8. The molecule has 0 aliphatic rings. The van der Waals surface area contributed by atoms with Crippen molar-refractivity contribution < 1.29 is 19.4 Å². The highest BCUT2D eigenvalue weighted by molar-refractivity contribution is 5.94. The van der Waals surface area contributed by atoms with Crippen molar-refractivity contribution in [1.29, 1.82) is 0 Å². The van der Waals surface area contributed by atoms with Crippen molar-refractivity contribution in [3.05, 3.63) is 95.6 Å². The summed E-state index contributed by atoms with van der Waals surface area (Å²) in [6.07, 6.45) is 0.114. The van der Waals surface area contributed by atoms with Gasteiger partial charge in [-0.25, -0.2) is 0 Å². The zero-order valence-corrected chi connectivity index (χ0v) is 18.0. The van der Waals surface area contributed by atoms with E-state index < -0.39 is 6.10 Å². The zero-order chi connectivity index (χ0) is 22.1. The van der Waals surface area contributed by atoms with Gasteiger partial charge in [0.25, 0.3) is 5.91 Å². The van der Waals surface area contributed by atoms with Crippen LogP contribution in [0.5, 0.6) is 11.5 Å². The Morgan fingerprint density at radius 3 is 2.29 bits per heavy atom. The molecule has 31 heavy (non-hydrogen) atoms. The smallest absolute Gasteiger partial charge is 0.251 e. The van der Waals surface area contributed by atoms with Gasteiger partial charge in [-0.05, 0) is 42.7 Å². The SMILES string of the molecule is COc1cc(C(=O)NC[C@@H](C[C@@H](C)O)c2ccccc2)ccc1OCc1ccccc1. The summed E-state index contributed by atoms with van der Waals surface area (Å²) in [4.78, 5) is 12.8. The minimum absolute atomic E-state index is 0.0283. The van der Waals surface area contributed by atoms with Gasteiger partial charge in [-0.3, -0.25) is 4.79 Å². The van der Waals surface area contributed by atoms with Crippen molar-refractivity contribution in [2.75, 3.05) is 13.7 Å². The van der Waals surface area contributed by atoms with E-state index in [2.05, 4.69) is 5.32 Å². The molecule has 3 rings (SSSR count). The van der Waals surface area contributed by atoms with Crippen LogP contribution in [0.25, 0.3) is 0 Å². The molecule has 2 atom stereocenters. The minimum Gasteiger partial charge on any atom is -0.493 e. The number of methoxy groups -OCH3 is 1. The molecule has 2 N–H and O–H groups in total. The maximum absolute atomic E-state index is 12.8. The lowest BCUT2D eigenvalue weighted by molar-refractivity contribution is 0.0945. The van der Waals surface area contributed by atoms with Crippen molar-refractivity contribution in [1.82, 2.24) is 5.32 Å². The number of hydrogen-bond acceptors (Lipinski definition) is 4. The van der Waals surface area contributed by atoms with Crippen LogP contribution in [-0.2, 0) is 6.61 Å². The van der Waals surface area contributed by atoms with Crippen LogP contribution in [0, 0.1) is 0 Å². The Morgan fingerprint density at radius 1 is 0.968 bits per heavy atom. The summed E-state index contributed by atoms with van der Waals surface area (Å²) in [5.74, 6) is 0.922. The van der Waals surface area contributed by atoms with Crippen molar-refractivity contribution in [2.24, 2.45) is 0 Å². The highest BCUT2D eigenvalue weighted by Gasteiger charge is 2.17. The predicted octanol–water partition coefficient (Wildman–Crippen LogP) is 4.56. The van der Waals surface area contributed by atoms with E-state index in [1.54, 1.807) is 32.2 Å². The van der Waals surface area contributed by atoms with E-state index in [4.69, 9.17) is 9.47 Å². The van der Waals surface area contributed by atoms with E-state index in [-0.39, 0.29) is 11.8 Å². The van der Waals surface area contributed by atoms with Gasteiger partial charge >= 0.3 is 0 Å². The third-order valence-electron chi connectivity index (χ3n) is 5.07. The summed E-state index contributed by atoms with van der Waals surface area (Å²) in [7, 11) is 1.56. The first-order chi connectivity index (χ1) is 15.1. The molecule has 0 saturated heterocycles. The topological polar surface area (TPSA) is 67.8 Å². The number of ether oxygens (including phenoxy) is 2. The summed E-state index contributed by atoms with van der Waals surface area (Å²) in [6.45, 7) is 2.61. The van der Waals surface area contributed by atoms with Crippen LogP contribution in [-0.4, -0.2) is 30.8 Å². The van der Waals surface area contributed by atoms with Gasteiger partial charge in [0.2, 0.25) is 0 Å². The summed E-state index contributed by atoms with van der Waals surface area (Å²) in [5, 5.41) is 12.8. The van der Waals surface area contributed by atoms with Crippen LogP contribution in [0.2, 0.25) is 0 Å². The third-order valence-corrected chi connectivity index (χ3v) is 5.07. The number of benzene rings is 3. The van der Waals surface area contributed by atoms with Crippen LogP contribution in [0.15, 0.2) is 78.9 Å². The fourth-order valence-electron chi connectivity index (χ4n) is 3.46. The van der Waals surface area contributed by atoms with Crippen LogP contribution in [0.1, 0.15) is 40.7 Å². The molecule has 0 aliphatic heterocycles. The van der Waals surface area contributed by atoms with Crippen LogP contribution in [0.3, 0.4) is 0 Å². The van der Waals surface area contributed by atoms with Crippen LogP contribution < -0.4 is 14.8 Å². The van der Waals surface area contributed by atoms with Gasteiger partial charge in [0.1, 0.15) is 6.61 Å². The second kappa shape index (κ2) is 11.2. The fourth-order valence-corrected chi connectivity index (χ4v) is 3.46. The van der Waals surface area contributed by atoms with Crippen molar-refractivity contribution >= 4 is 5.91 Å². The number of amides is 1. The number of carbonyl (C=O) groups excluding carboxylic acids is 1. The summed E-state index contributed by atoms with van der Waals surface area (Å²) in [6, 6.07) is 24.9. The Kier molecular flexibility index (Phi) is 8.07. The van der Waals surface area contributed by atoms with Gasteiger partial charge in [-0.15, -0.1) is 0 Å². The van der Waals surface area contributed by atoms with Crippen molar-refractivity contribution in [3.8, 4) is 11.5 Å². The minimum atomic E-state index is -0.455. The normalized spacial score (nSPS) is 12.6. The van der Waals surface area contributed by atoms with Gasteiger partial charge < -0.3 is 19.9 Å². The Hall–Kier alpha value is -3.31. The number of nitrogens with one attached hydrogen (secondary N) is 1. The van der Waals surface area contributed by atoms with Crippen molar-refractivity contribution in [3.63, 3.8) is 0 Å². The van der Waals surface area contributed by atoms with Gasteiger partial charge in [-0.1, -0.05) is 60.7 Å². The van der Waals surface area contributed by atoms with E-state index in [9.17, 15) is 9.90 Å². The third kappa shape index (κ3) is 6.59. The molecular weight excluding hydrogens is 390 g/mol. The summed E-state index contributed by atoms with van der Waals surface area (Å²) < 4.78 is 11.3. The van der Waals surface area contributed by atoms with Gasteiger partial charge in [0, 0.05) is 18.0 Å². The Balaban J connectivity index is 1.65. The molecule has 3 aromatic rings. The van der Waals surface area contributed by atoms with Crippen LogP contribution in [0.4, 0.5) is 0 Å². The van der Waals surface area contributed by atoms with Crippen LogP contribution >= 0.6 is 0 Å². The monoisotopic (exact) mass is 419 g/mol. The molecule has 5 nitrogen and oxygen atoms in total. The lowest BCUT2D eigenvalue weighted by atomic mass is 9.93. The van der Waals surface area contributed by atoms with E-state index in [1.807, 2.05) is 60.7 Å². The number of carbonyl (C=O) groups is 1. The van der Waals surface area contributed by atoms with Gasteiger partial charge in [0.05, 0.1) is 13.2 Å². The lowest BCUT2D eigenvalue weighted by Gasteiger charge is -2.20. The predicted molar refractivity (Wildman–Crippen MR) is 122 cm³/mol. The number of aliphatic hydroxyl groups is 1. The van der Waals surface area contributed by atoms with E-state index >= 15 is 0 Å². The standard InChI is InChI=1S/C26H29NO4/c1-19(28)15-23(21-11-7-4-8-12-21)17-27-26(29)22-13-14-24(25(16-22)30-2)31-18-20-9-5-3-6-10-20/h3-14,16,19,23,28H,15,17-18H2,1-2H3,(H,27,29)/t19-,23-/m1/s1. The highest BCUT2D eigenvalue weighted by atomic mass is 16.5. The second-order valence-corrected chi connectivity index (χ2v) is 7.54.